The van der Waals surface area contributed by atoms with Crippen LogP contribution in [-0.2, 0) is 16.1 Å². The highest BCUT2D eigenvalue weighted by molar-refractivity contribution is 5.69. The van der Waals surface area contributed by atoms with E-state index in [1.54, 1.807) is 0 Å². The number of rotatable bonds is 5. The smallest absolute Gasteiger partial charge is 0.306 e. The zero-order chi connectivity index (χ0) is 12.1. The summed E-state index contributed by atoms with van der Waals surface area (Å²) in [5.74, 6) is 1.56. The van der Waals surface area contributed by atoms with E-state index in [9.17, 15) is 4.79 Å². The number of esters is 1. The molecule has 0 N–H and O–H groups in total. The molecule has 0 radical (unpaired) electrons. The van der Waals surface area contributed by atoms with E-state index in [0.717, 1.165) is 23.8 Å². The topological polar surface area (TPSA) is 26.3 Å². The van der Waals surface area contributed by atoms with Gasteiger partial charge in [0.25, 0.3) is 0 Å². The molecule has 1 aromatic carbocycles. The molecule has 0 unspecified atom stereocenters. The molecule has 2 heteroatoms. The van der Waals surface area contributed by atoms with Crippen molar-refractivity contribution in [2.75, 3.05) is 0 Å². The Hall–Kier alpha value is -1.31. The van der Waals surface area contributed by atoms with Gasteiger partial charge in [0.2, 0.25) is 0 Å². The molecular weight excluding hydrogens is 212 g/mol. The van der Waals surface area contributed by atoms with Gasteiger partial charge in [-0.15, -0.1) is 0 Å². The second kappa shape index (κ2) is 5.85. The second-order valence-corrected chi connectivity index (χ2v) is 5.13. The summed E-state index contributed by atoms with van der Waals surface area (Å²) < 4.78 is 5.23. The normalized spacial score (nSPS) is 22.9. The van der Waals surface area contributed by atoms with Crippen LogP contribution in [0, 0.1) is 11.8 Å². The van der Waals surface area contributed by atoms with Gasteiger partial charge >= 0.3 is 5.97 Å². The molecule has 0 atom stereocenters. The molecule has 0 spiro atoms. The Bertz CT molecular complexity index is 352. The summed E-state index contributed by atoms with van der Waals surface area (Å²) in [7, 11) is 0. The number of hydrogen-bond donors (Lipinski definition) is 0. The predicted molar refractivity (Wildman–Crippen MR) is 67.4 cm³/mol. The first-order valence-electron chi connectivity index (χ1n) is 6.43. The van der Waals surface area contributed by atoms with Gasteiger partial charge in [0.15, 0.2) is 0 Å². The lowest BCUT2D eigenvalue weighted by molar-refractivity contribution is -0.145. The first-order valence-corrected chi connectivity index (χ1v) is 6.43. The summed E-state index contributed by atoms with van der Waals surface area (Å²) >= 11 is 0. The van der Waals surface area contributed by atoms with Crippen LogP contribution in [0.1, 0.15) is 38.2 Å². The van der Waals surface area contributed by atoms with Crippen LogP contribution in [0.5, 0.6) is 0 Å². The number of carbonyl (C=O) groups excluding carboxylic acids is 1. The molecule has 0 aliphatic heterocycles. The number of hydrogen-bond acceptors (Lipinski definition) is 2. The fourth-order valence-corrected chi connectivity index (χ4v) is 2.44. The highest BCUT2D eigenvalue weighted by Gasteiger charge is 2.25. The Labute approximate surface area is 103 Å². The molecule has 1 saturated carbocycles. The number of benzene rings is 1. The largest absolute Gasteiger partial charge is 0.461 e. The second-order valence-electron chi connectivity index (χ2n) is 5.13. The van der Waals surface area contributed by atoms with Crippen molar-refractivity contribution < 1.29 is 9.53 Å². The van der Waals surface area contributed by atoms with Crippen LogP contribution >= 0.6 is 0 Å². The molecule has 2 rings (SSSR count). The molecule has 1 aliphatic carbocycles. The third kappa shape index (κ3) is 3.88. The van der Waals surface area contributed by atoms with Crippen molar-refractivity contribution in [3.8, 4) is 0 Å². The number of carbonyl (C=O) groups is 1. The summed E-state index contributed by atoms with van der Waals surface area (Å²) in [5.41, 5.74) is 1.05. The zero-order valence-corrected chi connectivity index (χ0v) is 10.4. The highest BCUT2D eigenvalue weighted by Crippen LogP contribution is 2.36. The van der Waals surface area contributed by atoms with Gasteiger partial charge in [-0.2, -0.15) is 0 Å². The van der Waals surface area contributed by atoms with Gasteiger partial charge < -0.3 is 4.74 Å². The monoisotopic (exact) mass is 232 g/mol. The molecule has 2 nitrogen and oxygen atoms in total. The molecule has 92 valence electrons. The Kier molecular flexibility index (Phi) is 4.18. The predicted octanol–water partition coefficient (Wildman–Crippen LogP) is 3.56. The lowest BCUT2D eigenvalue weighted by atomic mass is 9.74. The van der Waals surface area contributed by atoms with Crippen molar-refractivity contribution in [1.82, 2.24) is 0 Å². The fourth-order valence-electron chi connectivity index (χ4n) is 2.44. The zero-order valence-electron chi connectivity index (χ0n) is 10.4. The van der Waals surface area contributed by atoms with Gasteiger partial charge in [0.1, 0.15) is 6.61 Å². The third-order valence-electron chi connectivity index (χ3n) is 3.47. The molecule has 0 saturated heterocycles. The van der Waals surface area contributed by atoms with E-state index in [1.807, 2.05) is 30.3 Å². The van der Waals surface area contributed by atoms with Gasteiger partial charge in [-0.05, 0) is 36.7 Å². The van der Waals surface area contributed by atoms with Gasteiger partial charge in [-0.3, -0.25) is 4.79 Å². The first kappa shape index (κ1) is 12.2. The van der Waals surface area contributed by atoms with Crippen molar-refractivity contribution in [3.63, 3.8) is 0 Å². The fraction of sp³-hybridized carbons (Fsp3) is 0.533. The summed E-state index contributed by atoms with van der Waals surface area (Å²) in [6, 6.07) is 9.82. The SMILES string of the molecule is CC1CC(CCC(=O)OCc2ccccc2)C1. The number of ether oxygens (including phenoxy) is 1. The Morgan fingerprint density at radius 1 is 1.29 bits per heavy atom. The molecule has 1 fully saturated rings. The van der Waals surface area contributed by atoms with E-state index in [4.69, 9.17) is 4.74 Å². The van der Waals surface area contributed by atoms with Crippen molar-refractivity contribution in [2.24, 2.45) is 11.8 Å². The summed E-state index contributed by atoms with van der Waals surface area (Å²) in [5, 5.41) is 0. The molecule has 0 heterocycles. The van der Waals surface area contributed by atoms with E-state index < -0.39 is 0 Å². The molecule has 17 heavy (non-hydrogen) atoms. The maximum atomic E-state index is 11.5. The standard InChI is InChI=1S/C15H20O2/c1-12-9-14(10-12)7-8-15(16)17-11-13-5-3-2-4-6-13/h2-6,12,14H,7-11H2,1H3. The van der Waals surface area contributed by atoms with Crippen molar-refractivity contribution >= 4 is 5.97 Å². The third-order valence-corrected chi connectivity index (χ3v) is 3.47. The Morgan fingerprint density at radius 2 is 2.00 bits per heavy atom. The van der Waals surface area contributed by atoms with Crippen LogP contribution in [0.2, 0.25) is 0 Å². The van der Waals surface area contributed by atoms with E-state index in [2.05, 4.69) is 6.92 Å². The van der Waals surface area contributed by atoms with Crippen molar-refractivity contribution in [2.45, 2.75) is 39.2 Å². The van der Waals surface area contributed by atoms with Crippen LogP contribution in [0.4, 0.5) is 0 Å². The van der Waals surface area contributed by atoms with Crippen LogP contribution < -0.4 is 0 Å². The van der Waals surface area contributed by atoms with Crippen molar-refractivity contribution in [1.29, 1.82) is 0 Å². The molecular formula is C15H20O2. The molecule has 0 aromatic heterocycles. The lowest BCUT2D eigenvalue weighted by Gasteiger charge is -2.32. The summed E-state index contributed by atoms with van der Waals surface area (Å²) in [6.07, 6.45) is 4.14. The van der Waals surface area contributed by atoms with Gasteiger partial charge in [0.05, 0.1) is 0 Å². The molecule has 1 aliphatic rings. The van der Waals surface area contributed by atoms with Crippen LogP contribution in [0.25, 0.3) is 0 Å². The average Bonchev–Trinajstić information content (AvgIpc) is 2.32. The van der Waals surface area contributed by atoms with E-state index in [0.29, 0.717) is 13.0 Å². The van der Waals surface area contributed by atoms with Crippen LogP contribution in [0.15, 0.2) is 30.3 Å². The minimum Gasteiger partial charge on any atom is -0.461 e. The van der Waals surface area contributed by atoms with Crippen LogP contribution in [-0.4, -0.2) is 5.97 Å². The highest BCUT2D eigenvalue weighted by atomic mass is 16.5. The maximum absolute atomic E-state index is 11.5. The van der Waals surface area contributed by atoms with Gasteiger partial charge in [-0.1, -0.05) is 37.3 Å². The minimum absolute atomic E-state index is 0.0617. The molecule has 1 aromatic rings. The summed E-state index contributed by atoms with van der Waals surface area (Å²) in [6.45, 7) is 2.67. The Balaban J connectivity index is 1.61. The quantitative estimate of drug-likeness (QED) is 0.726. The van der Waals surface area contributed by atoms with Crippen LogP contribution in [0.3, 0.4) is 0 Å². The maximum Gasteiger partial charge on any atom is 0.306 e. The van der Waals surface area contributed by atoms with Gasteiger partial charge in [-0.25, -0.2) is 0 Å². The lowest BCUT2D eigenvalue weighted by Crippen LogP contribution is -2.21. The van der Waals surface area contributed by atoms with Gasteiger partial charge in [0, 0.05) is 6.42 Å². The van der Waals surface area contributed by atoms with E-state index in [1.165, 1.54) is 12.8 Å². The van der Waals surface area contributed by atoms with E-state index in [-0.39, 0.29) is 5.97 Å². The molecule has 0 amide bonds. The first-order chi connectivity index (χ1) is 8.24. The van der Waals surface area contributed by atoms with E-state index >= 15 is 0 Å². The average molecular weight is 232 g/mol. The molecule has 0 bridgehead atoms. The van der Waals surface area contributed by atoms with Crippen molar-refractivity contribution in [3.05, 3.63) is 35.9 Å². The minimum atomic E-state index is -0.0617. The summed E-state index contributed by atoms with van der Waals surface area (Å²) in [4.78, 5) is 11.5. The Morgan fingerprint density at radius 3 is 2.65 bits per heavy atom.